The maximum atomic E-state index is 11.4. The molecule has 0 unspecified atom stereocenters. The van der Waals surface area contributed by atoms with E-state index in [4.69, 9.17) is 4.91 Å². The van der Waals surface area contributed by atoms with Crippen molar-refractivity contribution in [3.63, 3.8) is 0 Å². The molecule has 2 nitrogen and oxygen atoms in total. The van der Waals surface area contributed by atoms with Crippen LogP contribution in [-0.4, -0.2) is 12.5 Å². The van der Waals surface area contributed by atoms with E-state index in [1.165, 1.54) is 0 Å². The van der Waals surface area contributed by atoms with Crippen molar-refractivity contribution in [1.29, 1.82) is 0 Å². The van der Waals surface area contributed by atoms with Crippen LogP contribution in [0.25, 0.3) is 0 Å². The van der Waals surface area contributed by atoms with E-state index in [2.05, 4.69) is 0 Å². The molecule has 0 aromatic heterocycles. The zero-order valence-electron chi connectivity index (χ0n) is 3.82. The average molecular weight is 109 g/mol. The number of alkyl halides is 2. The molecule has 0 aromatic rings. The molecule has 0 aliphatic rings. The first-order valence-corrected chi connectivity index (χ1v) is 1.73. The van der Waals surface area contributed by atoms with E-state index in [0.29, 0.717) is 6.92 Å². The van der Waals surface area contributed by atoms with Crippen molar-refractivity contribution < 1.29 is 8.78 Å². The highest BCUT2D eigenvalue weighted by Crippen LogP contribution is 2.10. The van der Waals surface area contributed by atoms with Crippen LogP contribution in [0.4, 0.5) is 8.78 Å². The molecule has 7 heavy (non-hydrogen) atoms. The maximum Gasteiger partial charge on any atom is 0.268 e. The quantitative estimate of drug-likeness (QED) is 0.493. The standard InChI is InChI=1S/C3H5F2NO/c1-3(4,5)2-6-7/h2H2,1H3. The molecule has 0 bridgehead atoms. The molecule has 0 rings (SSSR count). The highest BCUT2D eigenvalue weighted by Gasteiger charge is 2.20. The SMILES string of the molecule is CC(F)(F)CN=O. The number of halogens is 2. The molecule has 0 fully saturated rings. The minimum absolute atomic E-state index is 0.647. The second-order valence-electron chi connectivity index (χ2n) is 1.36. The van der Waals surface area contributed by atoms with Gasteiger partial charge in [0.15, 0.2) is 0 Å². The maximum absolute atomic E-state index is 11.4. The fourth-order valence-corrected chi connectivity index (χ4v) is 0.113. The molecule has 0 atom stereocenters. The minimum Gasteiger partial charge on any atom is -0.205 e. The van der Waals surface area contributed by atoms with Crippen LogP contribution in [0.2, 0.25) is 0 Å². The molecule has 42 valence electrons. The van der Waals surface area contributed by atoms with Gasteiger partial charge in [-0.25, -0.2) is 8.78 Å². The second kappa shape index (κ2) is 1.95. The predicted octanol–water partition coefficient (Wildman–Crippen LogP) is 1.41. The van der Waals surface area contributed by atoms with E-state index < -0.39 is 12.5 Å². The van der Waals surface area contributed by atoms with Gasteiger partial charge in [-0.1, -0.05) is 5.18 Å². The highest BCUT2D eigenvalue weighted by molar-refractivity contribution is 4.59. The molecule has 0 aliphatic heterocycles. The fraction of sp³-hybridized carbons (Fsp3) is 1.00. The van der Waals surface area contributed by atoms with Crippen molar-refractivity contribution in [2.75, 3.05) is 6.54 Å². The second-order valence-corrected chi connectivity index (χ2v) is 1.36. The van der Waals surface area contributed by atoms with E-state index in [1.807, 2.05) is 5.18 Å². The van der Waals surface area contributed by atoms with E-state index in [0.717, 1.165) is 0 Å². The summed E-state index contributed by atoms with van der Waals surface area (Å²) in [6.07, 6.45) is 0. The largest absolute Gasteiger partial charge is 0.268 e. The monoisotopic (exact) mass is 109 g/mol. The van der Waals surface area contributed by atoms with E-state index >= 15 is 0 Å². The van der Waals surface area contributed by atoms with Gasteiger partial charge in [0, 0.05) is 6.92 Å². The molecular weight excluding hydrogens is 104 g/mol. The van der Waals surface area contributed by atoms with Gasteiger partial charge in [0.1, 0.15) is 6.54 Å². The predicted molar refractivity (Wildman–Crippen MR) is 21.3 cm³/mol. The number of hydrogen-bond acceptors (Lipinski definition) is 2. The minimum atomic E-state index is -2.93. The first-order chi connectivity index (χ1) is 3.06. The number of hydrogen-bond donors (Lipinski definition) is 0. The van der Waals surface area contributed by atoms with Crippen molar-refractivity contribution in [1.82, 2.24) is 0 Å². The van der Waals surface area contributed by atoms with E-state index in [9.17, 15) is 8.78 Å². The first-order valence-electron chi connectivity index (χ1n) is 1.73. The van der Waals surface area contributed by atoms with Crippen molar-refractivity contribution in [3.05, 3.63) is 4.91 Å². The molecule has 0 N–H and O–H groups in total. The molecule has 0 saturated heterocycles. The van der Waals surface area contributed by atoms with Crippen LogP contribution in [0.5, 0.6) is 0 Å². The summed E-state index contributed by atoms with van der Waals surface area (Å²) in [6.45, 7) is -0.276. The van der Waals surface area contributed by atoms with Gasteiger partial charge in [-0.15, -0.1) is 0 Å². The Morgan fingerprint density at radius 2 is 2.14 bits per heavy atom. The lowest BCUT2D eigenvalue weighted by atomic mass is 10.4. The van der Waals surface area contributed by atoms with Crippen LogP contribution in [-0.2, 0) is 0 Å². The van der Waals surface area contributed by atoms with Crippen molar-refractivity contribution in [2.24, 2.45) is 5.18 Å². The van der Waals surface area contributed by atoms with Crippen LogP contribution in [0.1, 0.15) is 6.92 Å². The number of nitroso groups, excluding NO2 is 1. The molecular formula is C3H5F2NO. The molecule has 0 heterocycles. The molecule has 0 radical (unpaired) electrons. The van der Waals surface area contributed by atoms with Crippen LogP contribution in [0.3, 0.4) is 0 Å². The Hall–Kier alpha value is -0.540. The van der Waals surface area contributed by atoms with Crippen LogP contribution in [0, 0.1) is 4.91 Å². The summed E-state index contributed by atoms with van der Waals surface area (Å²) < 4.78 is 22.9. The molecule has 0 aromatic carbocycles. The lowest BCUT2D eigenvalue weighted by molar-refractivity contribution is 0.0323. The Morgan fingerprint density at radius 1 is 1.71 bits per heavy atom. The van der Waals surface area contributed by atoms with Crippen molar-refractivity contribution in [2.45, 2.75) is 12.8 Å². The van der Waals surface area contributed by atoms with Gasteiger partial charge in [-0.2, -0.15) is 4.91 Å². The van der Waals surface area contributed by atoms with Gasteiger partial charge in [-0.3, -0.25) is 0 Å². The van der Waals surface area contributed by atoms with E-state index in [1.54, 1.807) is 0 Å². The summed E-state index contributed by atoms with van der Waals surface area (Å²) in [5.41, 5.74) is 0. The summed E-state index contributed by atoms with van der Waals surface area (Å²) in [5, 5.41) is 2.01. The molecule has 4 heteroatoms. The molecule has 0 spiro atoms. The van der Waals surface area contributed by atoms with Gasteiger partial charge >= 0.3 is 0 Å². The topological polar surface area (TPSA) is 29.4 Å². The lowest BCUT2D eigenvalue weighted by Crippen LogP contribution is -2.12. The summed E-state index contributed by atoms with van der Waals surface area (Å²) >= 11 is 0. The Kier molecular flexibility index (Phi) is 1.80. The average Bonchev–Trinajstić information content (AvgIpc) is 1.30. The van der Waals surface area contributed by atoms with Crippen LogP contribution < -0.4 is 0 Å². The summed E-state index contributed by atoms with van der Waals surface area (Å²) in [4.78, 5) is 9.09. The van der Waals surface area contributed by atoms with Crippen molar-refractivity contribution >= 4 is 0 Å². The fourth-order valence-electron chi connectivity index (χ4n) is 0.113. The lowest BCUT2D eigenvalue weighted by Gasteiger charge is -2.00. The third-order valence-electron chi connectivity index (χ3n) is 0.342. The molecule has 0 amide bonds. The zero-order valence-corrected chi connectivity index (χ0v) is 3.82. The Bertz CT molecular complexity index is 67.8. The Morgan fingerprint density at radius 3 is 2.14 bits per heavy atom. The van der Waals surface area contributed by atoms with Crippen molar-refractivity contribution in [3.8, 4) is 0 Å². The number of nitrogens with zero attached hydrogens (tertiary/aromatic N) is 1. The highest BCUT2D eigenvalue weighted by atomic mass is 19.3. The summed E-state index contributed by atoms with van der Waals surface area (Å²) in [5.74, 6) is -2.93. The van der Waals surface area contributed by atoms with E-state index in [-0.39, 0.29) is 0 Å². The first kappa shape index (κ1) is 6.46. The smallest absolute Gasteiger partial charge is 0.205 e. The van der Waals surface area contributed by atoms with Gasteiger partial charge < -0.3 is 0 Å². The van der Waals surface area contributed by atoms with Crippen LogP contribution in [0.15, 0.2) is 5.18 Å². The van der Waals surface area contributed by atoms with Gasteiger partial charge in [0.2, 0.25) is 0 Å². The Balaban J connectivity index is 3.34. The molecule has 0 aliphatic carbocycles. The normalized spacial score (nSPS) is 11.3. The third kappa shape index (κ3) is 5.46. The van der Waals surface area contributed by atoms with Gasteiger partial charge in [-0.05, 0) is 0 Å². The zero-order chi connectivity index (χ0) is 5.91. The summed E-state index contributed by atoms with van der Waals surface area (Å²) in [6, 6.07) is 0. The van der Waals surface area contributed by atoms with Gasteiger partial charge in [0.05, 0.1) is 0 Å². The molecule has 0 saturated carbocycles. The van der Waals surface area contributed by atoms with Gasteiger partial charge in [0.25, 0.3) is 5.92 Å². The number of rotatable bonds is 2. The third-order valence-corrected chi connectivity index (χ3v) is 0.342. The summed E-state index contributed by atoms with van der Waals surface area (Å²) in [7, 11) is 0. The van der Waals surface area contributed by atoms with Crippen LogP contribution >= 0.6 is 0 Å². The Labute approximate surface area is 39.5 Å².